The fourth-order valence-corrected chi connectivity index (χ4v) is 2.95. The van der Waals surface area contributed by atoms with Crippen LogP contribution < -0.4 is 0 Å². The Balaban J connectivity index is 1.88. The van der Waals surface area contributed by atoms with Gasteiger partial charge in [0.05, 0.1) is 11.9 Å². The van der Waals surface area contributed by atoms with Crippen LogP contribution >= 0.6 is 11.6 Å². The van der Waals surface area contributed by atoms with Gasteiger partial charge in [-0.05, 0) is 31.2 Å². The first-order chi connectivity index (χ1) is 12.1. The minimum atomic E-state index is -0.279. The van der Waals surface area contributed by atoms with Gasteiger partial charge < -0.3 is 0 Å². The van der Waals surface area contributed by atoms with Gasteiger partial charge in [0.15, 0.2) is 11.5 Å². The fourth-order valence-electron chi connectivity index (χ4n) is 2.71. The molecule has 0 aliphatic rings. The predicted octanol–water partition coefficient (Wildman–Crippen LogP) is 4.04. The number of hydrogen-bond acceptors (Lipinski definition) is 4. The minimum absolute atomic E-state index is 0.264. The Labute approximate surface area is 148 Å². The Morgan fingerprint density at radius 3 is 2.76 bits per heavy atom. The third-order valence-electron chi connectivity index (χ3n) is 3.82. The highest BCUT2D eigenvalue weighted by atomic mass is 35.5. The number of hydrogen-bond donors (Lipinski definition) is 0. The monoisotopic (exact) mass is 353 g/mol. The molecule has 1 aromatic carbocycles. The van der Waals surface area contributed by atoms with Crippen LogP contribution in [0.25, 0.3) is 22.6 Å². The van der Waals surface area contributed by atoms with Crippen molar-refractivity contribution in [3.63, 3.8) is 0 Å². The largest absolute Gasteiger partial charge is 0.242 e. The third kappa shape index (κ3) is 2.96. The van der Waals surface area contributed by atoms with Crippen LogP contribution in [0.4, 0.5) is 4.39 Å². The van der Waals surface area contributed by atoms with Crippen molar-refractivity contribution in [3.05, 3.63) is 70.9 Å². The maximum Gasteiger partial charge on any atom is 0.182 e. The first-order valence-corrected chi connectivity index (χ1v) is 8.06. The smallest absolute Gasteiger partial charge is 0.182 e. The van der Waals surface area contributed by atoms with Crippen molar-refractivity contribution in [2.24, 2.45) is 0 Å². The second kappa shape index (κ2) is 6.22. The molecule has 4 aromatic rings. The van der Waals surface area contributed by atoms with Crippen LogP contribution in [0.15, 0.2) is 48.7 Å². The van der Waals surface area contributed by atoms with Crippen molar-refractivity contribution in [2.75, 3.05) is 0 Å². The van der Waals surface area contributed by atoms with E-state index in [2.05, 4.69) is 20.1 Å². The molecule has 5 nitrogen and oxygen atoms in total. The Kier molecular flexibility index (Phi) is 3.89. The van der Waals surface area contributed by atoms with E-state index in [1.165, 1.54) is 6.07 Å². The van der Waals surface area contributed by atoms with Crippen molar-refractivity contribution >= 4 is 22.6 Å². The van der Waals surface area contributed by atoms with E-state index in [1.807, 2.05) is 19.1 Å². The van der Waals surface area contributed by atoms with Gasteiger partial charge in [0.25, 0.3) is 0 Å². The van der Waals surface area contributed by atoms with E-state index in [1.54, 1.807) is 35.1 Å². The van der Waals surface area contributed by atoms with Crippen LogP contribution in [0.3, 0.4) is 0 Å². The molecule has 0 N–H and O–H groups in total. The number of aryl methyl sites for hydroxylation is 1. The molecular formula is C18H13ClFN5. The van der Waals surface area contributed by atoms with Crippen LogP contribution in [0.1, 0.15) is 11.3 Å². The lowest BCUT2D eigenvalue weighted by Crippen LogP contribution is -2.04. The zero-order chi connectivity index (χ0) is 17.4. The van der Waals surface area contributed by atoms with Gasteiger partial charge in [-0.1, -0.05) is 29.8 Å². The van der Waals surface area contributed by atoms with Crippen molar-refractivity contribution in [3.8, 4) is 11.5 Å². The maximum absolute atomic E-state index is 14.0. The summed E-state index contributed by atoms with van der Waals surface area (Å²) in [6.07, 6.45) is 1.68. The predicted molar refractivity (Wildman–Crippen MR) is 93.8 cm³/mol. The molecule has 0 amide bonds. The van der Waals surface area contributed by atoms with Crippen LogP contribution in [0.2, 0.25) is 5.15 Å². The minimum Gasteiger partial charge on any atom is -0.242 e. The highest BCUT2D eigenvalue weighted by Crippen LogP contribution is 2.26. The number of nitrogens with zero attached hydrogens (tertiary/aromatic N) is 5. The van der Waals surface area contributed by atoms with Gasteiger partial charge in [0.2, 0.25) is 0 Å². The summed E-state index contributed by atoms with van der Waals surface area (Å²) in [7, 11) is 0. The number of fused-ring (bicyclic) bond motifs is 1. The molecule has 0 atom stereocenters. The van der Waals surface area contributed by atoms with Gasteiger partial charge in [0, 0.05) is 17.5 Å². The van der Waals surface area contributed by atoms with E-state index in [9.17, 15) is 4.39 Å². The molecule has 0 unspecified atom stereocenters. The summed E-state index contributed by atoms with van der Waals surface area (Å²) in [5.41, 5.74) is 2.50. The van der Waals surface area contributed by atoms with Crippen LogP contribution in [-0.2, 0) is 6.54 Å². The van der Waals surface area contributed by atoms with Crippen LogP contribution in [0, 0.1) is 12.7 Å². The SMILES string of the molecule is Cc1cc(Cl)nc(-c2nn(Cc3ccccc3F)c3ncccc23)n1. The average Bonchev–Trinajstić information content (AvgIpc) is 2.95. The summed E-state index contributed by atoms with van der Waals surface area (Å²) in [4.78, 5) is 13.1. The molecule has 0 saturated carbocycles. The number of pyridine rings is 1. The lowest BCUT2D eigenvalue weighted by molar-refractivity contribution is 0.589. The molecule has 7 heteroatoms. The summed E-state index contributed by atoms with van der Waals surface area (Å²) in [5, 5.41) is 5.72. The normalized spacial score (nSPS) is 11.2. The summed E-state index contributed by atoms with van der Waals surface area (Å²) in [6, 6.07) is 12.0. The van der Waals surface area contributed by atoms with E-state index in [-0.39, 0.29) is 12.4 Å². The summed E-state index contributed by atoms with van der Waals surface area (Å²) < 4.78 is 15.7. The topological polar surface area (TPSA) is 56.5 Å². The Bertz CT molecular complexity index is 1060. The van der Waals surface area contributed by atoms with E-state index in [0.29, 0.717) is 27.9 Å². The second-order valence-electron chi connectivity index (χ2n) is 5.63. The highest BCUT2D eigenvalue weighted by molar-refractivity contribution is 6.29. The number of rotatable bonds is 3. The summed E-state index contributed by atoms with van der Waals surface area (Å²) >= 11 is 6.06. The van der Waals surface area contributed by atoms with Gasteiger partial charge in [-0.15, -0.1) is 0 Å². The van der Waals surface area contributed by atoms with Crippen molar-refractivity contribution in [1.29, 1.82) is 0 Å². The molecule has 0 bridgehead atoms. The maximum atomic E-state index is 14.0. The van der Waals surface area contributed by atoms with Crippen molar-refractivity contribution in [1.82, 2.24) is 24.7 Å². The summed E-state index contributed by atoms with van der Waals surface area (Å²) in [5.74, 6) is 0.147. The van der Waals surface area contributed by atoms with Gasteiger partial charge >= 0.3 is 0 Å². The van der Waals surface area contributed by atoms with E-state index in [0.717, 1.165) is 11.1 Å². The van der Waals surface area contributed by atoms with Crippen molar-refractivity contribution in [2.45, 2.75) is 13.5 Å². The van der Waals surface area contributed by atoms with Gasteiger partial charge in [0.1, 0.15) is 16.7 Å². The standard InChI is InChI=1S/C18H13ClFN5/c1-11-9-15(19)23-17(22-11)16-13-6-4-8-21-18(13)25(24-16)10-12-5-2-3-7-14(12)20/h2-9H,10H2,1H3. The van der Waals surface area contributed by atoms with E-state index < -0.39 is 0 Å². The molecule has 0 saturated heterocycles. The van der Waals surface area contributed by atoms with E-state index >= 15 is 0 Å². The number of benzene rings is 1. The summed E-state index contributed by atoms with van der Waals surface area (Å²) in [6.45, 7) is 2.10. The van der Waals surface area contributed by atoms with Gasteiger partial charge in [-0.25, -0.2) is 24.0 Å². The van der Waals surface area contributed by atoms with Crippen LogP contribution in [0.5, 0.6) is 0 Å². The van der Waals surface area contributed by atoms with Gasteiger partial charge in [-0.3, -0.25) is 0 Å². The Morgan fingerprint density at radius 1 is 1.12 bits per heavy atom. The Hall–Kier alpha value is -2.86. The second-order valence-corrected chi connectivity index (χ2v) is 6.02. The molecule has 4 rings (SSSR count). The highest BCUT2D eigenvalue weighted by Gasteiger charge is 2.17. The molecule has 124 valence electrons. The average molecular weight is 354 g/mol. The van der Waals surface area contributed by atoms with Crippen LogP contribution in [-0.4, -0.2) is 24.7 Å². The lowest BCUT2D eigenvalue weighted by atomic mass is 10.2. The zero-order valence-corrected chi connectivity index (χ0v) is 14.1. The molecule has 0 aliphatic carbocycles. The molecule has 0 fully saturated rings. The first kappa shape index (κ1) is 15.7. The first-order valence-electron chi connectivity index (χ1n) is 7.68. The third-order valence-corrected chi connectivity index (χ3v) is 4.01. The molecule has 0 radical (unpaired) electrons. The molecule has 3 aromatic heterocycles. The van der Waals surface area contributed by atoms with Crippen molar-refractivity contribution < 1.29 is 4.39 Å². The molecule has 25 heavy (non-hydrogen) atoms. The number of halogens is 2. The fraction of sp³-hybridized carbons (Fsp3) is 0.111. The molecule has 0 aliphatic heterocycles. The molecular weight excluding hydrogens is 341 g/mol. The van der Waals surface area contributed by atoms with Gasteiger partial charge in [-0.2, -0.15) is 5.10 Å². The van der Waals surface area contributed by atoms with E-state index in [4.69, 9.17) is 11.6 Å². The molecule has 0 spiro atoms. The zero-order valence-electron chi connectivity index (χ0n) is 13.3. The molecule has 3 heterocycles. The number of aromatic nitrogens is 5. The lowest BCUT2D eigenvalue weighted by Gasteiger charge is -2.04. The Morgan fingerprint density at radius 2 is 1.96 bits per heavy atom. The quantitative estimate of drug-likeness (QED) is 0.522.